The normalized spacial score (nSPS) is 13.3. The summed E-state index contributed by atoms with van der Waals surface area (Å²) in [6.45, 7) is 0.817. The minimum absolute atomic E-state index is 0.0850. The van der Waals surface area contributed by atoms with Crippen molar-refractivity contribution in [1.82, 2.24) is 15.6 Å². The number of hydrogen-bond donors (Lipinski definition) is 2. The van der Waals surface area contributed by atoms with Gasteiger partial charge in [-0.05, 0) is 35.7 Å². The molecular formula is C26H23N3O2. The van der Waals surface area contributed by atoms with Crippen LogP contribution in [0.1, 0.15) is 23.2 Å². The highest BCUT2D eigenvalue weighted by Gasteiger charge is 2.29. The van der Waals surface area contributed by atoms with Crippen LogP contribution >= 0.6 is 0 Å². The number of para-hydroxylation sites is 1. The summed E-state index contributed by atoms with van der Waals surface area (Å²) in [7, 11) is 0. The number of pyridine rings is 1. The second-order valence-electron chi connectivity index (χ2n) is 7.92. The average Bonchev–Trinajstić information content (AvgIpc) is 3.66. The van der Waals surface area contributed by atoms with Crippen molar-refractivity contribution in [1.29, 1.82) is 0 Å². The van der Waals surface area contributed by atoms with E-state index >= 15 is 0 Å². The third-order valence-electron chi connectivity index (χ3n) is 5.68. The first-order valence-electron chi connectivity index (χ1n) is 10.6. The monoisotopic (exact) mass is 409 g/mol. The van der Waals surface area contributed by atoms with Crippen molar-refractivity contribution < 1.29 is 9.59 Å². The molecule has 1 aromatic heterocycles. The molecule has 2 amide bonds. The zero-order valence-electron chi connectivity index (χ0n) is 17.1. The zero-order valence-corrected chi connectivity index (χ0v) is 17.1. The molecule has 3 aromatic carbocycles. The largest absolute Gasteiger partial charge is 0.354 e. The molecule has 0 saturated heterocycles. The lowest BCUT2D eigenvalue weighted by Crippen LogP contribution is -2.35. The lowest BCUT2D eigenvalue weighted by molar-refractivity contribution is -0.122. The first-order chi connectivity index (χ1) is 15.2. The van der Waals surface area contributed by atoms with Gasteiger partial charge in [-0.25, -0.2) is 4.98 Å². The van der Waals surface area contributed by atoms with E-state index in [4.69, 9.17) is 4.98 Å². The van der Waals surface area contributed by atoms with E-state index < -0.39 is 0 Å². The van der Waals surface area contributed by atoms with Crippen LogP contribution in [0.5, 0.6) is 0 Å². The Morgan fingerprint density at radius 2 is 1.55 bits per heavy atom. The van der Waals surface area contributed by atoms with Gasteiger partial charge in [-0.3, -0.25) is 9.59 Å². The maximum atomic E-state index is 13.0. The Morgan fingerprint density at radius 3 is 2.39 bits per heavy atom. The molecule has 2 N–H and O–H groups in total. The van der Waals surface area contributed by atoms with Crippen LogP contribution in [-0.2, 0) is 4.79 Å². The van der Waals surface area contributed by atoms with Gasteiger partial charge >= 0.3 is 0 Å². The number of amides is 2. The van der Waals surface area contributed by atoms with Crippen LogP contribution in [0.3, 0.4) is 0 Å². The van der Waals surface area contributed by atoms with Crippen LogP contribution < -0.4 is 10.6 Å². The molecular weight excluding hydrogens is 386 g/mol. The van der Waals surface area contributed by atoms with Gasteiger partial charge in [0.15, 0.2) is 0 Å². The third-order valence-corrected chi connectivity index (χ3v) is 5.68. The van der Waals surface area contributed by atoms with Gasteiger partial charge in [-0.2, -0.15) is 0 Å². The number of fused-ring (bicyclic) bond motifs is 2. The van der Waals surface area contributed by atoms with Gasteiger partial charge < -0.3 is 10.6 Å². The summed E-state index contributed by atoms with van der Waals surface area (Å²) in [5.74, 6) is 0.0886. The van der Waals surface area contributed by atoms with Crippen molar-refractivity contribution >= 4 is 33.5 Å². The Labute approximate surface area is 180 Å². The molecule has 5 heteroatoms. The first kappa shape index (κ1) is 19.2. The van der Waals surface area contributed by atoms with Gasteiger partial charge in [-0.1, -0.05) is 60.7 Å². The highest BCUT2D eigenvalue weighted by molar-refractivity contribution is 6.08. The summed E-state index contributed by atoms with van der Waals surface area (Å²) < 4.78 is 0. The smallest absolute Gasteiger partial charge is 0.252 e. The van der Waals surface area contributed by atoms with E-state index in [0.29, 0.717) is 18.7 Å². The number of carbonyl (C=O) groups excluding carboxylic acids is 2. The maximum absolute atomic E-state index is 13.0. The molecule has 154 valence electrons. The Bertz CT molecular complexity index is 1290. The van der Waals surface area contributed by atoms with E-state index in [1.807, 2.05) is 54.6 Å². The number of aromatic nitrogens is 1. The van der Waals surface area contributed by atoms with E-state index in [1.54, 1.807) is 0 Å². The highest BCUT2D eigenvalue weighted by Crippen LogP contribution is 2.30. The number of nitrogens with one attached hydrogen (secondary N) is 2. The molecule has 1 aliphatic carbocycles. The van der Waals surface area contributed by atoms with Crippen molar-refractivity contribution in [3.63, 3.8) is 0 Å². The molecule has 1 heterocycles. The molecule has 0 aliphatic heterocycles. The SMILES string of the molecule is O=C(NCCNC(=O)C1CC1)c1cc(-c2cccc3ccccc23)nc2ccccc12. The van der Waals surface area contributed by atoms with Crippen LogP contribution in [0.2, 0.25) is 0 Å². The van der Waals surface area contributed by atoms with Crippen LogP contribution in [0.4, 0.5) is 0 Å². The fourth-order valence-corrected chi connectivity index (χ4v) is 3.90. The molecule has 1 fully saturated rings. The van der Waals surface area contributed by atoms with E-state index in [-0.39, 0.29) is 17.7 Å². The Morgan fingerprint density at radius 1 is 0.839 bits per heavy atom. The summed E-state index contributed by atoms with van der Waals surface area (Å²) in [4.78, 5) is 29.7. The third kappa shape index (κ3) is 3.99. The van der Waals surface area contributed by atoms with Crippen molar-refractivity contribution in [3.8, 4) is 11.3 Å². The minimum atomic E-state index is -0.166. The number of rotatable bonds is 6. The van der Waals surface area contributed by atoms with Gasteiger partial charge in [0.25, 0.3) is 5.91 Å². The van der Waals surface area contributed by atoms with Gasteiger partial charge in [0.05, 0.1) is 16.8 Å². The summed E-state index contributed by atoms with van der Waals surface area (Å²) in [5, 5.41) is 8.86. The van der Waals surface area contributed by atoms with Crippen molar-refractivity contribution in [2.75, 3.05) is 13.1 Å². The molecule has 5 rings (SSSR count). The van der Waals surface area contributed by atoms with Gasteiger partial charge in [-0.15, -0.1) is 0 Å². The first-order valence-corrected chi connectivity index (χ1v) is 10.6. The van der Waals surface area contributed by atoms with E-state index in [2.05, 4.69) is 28.8 Å². The fourth-order valence-electron chi connectivity index (χ4n) is 3.90. The standard InChI is InChI=1S/C26H23N3O2/c30-25(18-12-13-18)27-14-15-28-26(31)22-16-24(29-23-11-4-3-9-21(22)23)20-10-5-7-17-6-1-2-8-19(17)20/h1-11,16,18H,12-15H2,(H,27,30)(H,28,31). The topological polar surface area (TPSA) is 71.1 Å². The molecule has 5 nitrogen and oxygen atoms in total. The summed E-state index contributed by atoms with van der Waals surface area (Å²) >= 11 is 0. The van der Waals surface area contributed by atoms with Crippen LogP contribution in [0.15, 0.2) is 72.8 Å². The number of carbonyl (C=O) groups is 2. The summed E-state index contributed by atoms with van der Waals surface area (Å²) in [5.41, 5.74) is 3.12. The molecule has 4 aromatic rings. The molecule has 0 atom stereocenters. The quantitative estimate of drug-likeness (QED) is 0.466. The van der Waals surface area contributed by atoms with Crippen LogP contribution in [0, 0.1) is 5.92 Å². The van der Waals surface area contributed by atoms with Gasteiger partial charge in [0.1, 0.15) is 0 Å². The van der Waals surface area contributed by atoms with Crippen LogP contribution in [0.25, 0.3) is 32.9 Å². The molecule has 0 unspecified atom stereocenters. The highest BCUT2D eigenvalue weighted by atomic mass is 16.2. The van der Waals surface area contributed by atoms with Gasteiger partial charge in [0.2, 0.25) is 5.91 Å². The van der Waals surface area contributed by atoms with E-state index in [1.165, 1.54) is 0 Å². The molecule has 1 saturated carbocycles. The van der Waals surface area contributed by atoms with Gasteiger partial charge in [0, 0.05) is 30.0 Å². The lowest BCUT2D eigenvalue weighted by atomic mass is 9.99. The number of hydrogen-bond acceptors (Lipinski definition) is 3. The number of benzene rings is 3. The second-order valence-corrected chi connectivity index (χ2v) is 7.92. The van der Waals surface area contributed by atoms with Crippen molar-refractivity contribution in [3.05, 3.63) is 78.4 Å². The summed E-state index contributed by atoms with van der Waals surface area (Å²) in [6, 6.07) is 23.8. The van der Waals surface area contributed by atoms with Crippen molar-refractivity contribution in [2.24, 2.45) is 5.92 Å². The molecule has 0 bridgehead atoms. The predicted molar refractivity (Wildman–Crippen MR) is 123 cm³/mol. The zero-order chi connectivity index (χ0) is 21.2. The lowest BCUT2D eigenvalue weighted by Gasteiger charge is -2.12. The van der Waals surface area contributed by atoms with E-state index in [0.717, 1.165) is 45.8 Å². The van der Waals surface area contributed by atoms with Crippen LogP contribution in [-0.4, -0.2) is 29.9 Å². The Hall–Kier alpha value is -3.73. The Balaban J connectivity index is 1.46. The number of nitrogens with zero attached hydrogens (tertiary/aromatic N) is 1. The average molecular weight is 409 g/mol. The Kier molecular flexibility index (Phi) is 5.08. The predicted octanol–water partition coefficient (Wildman–Crippen LogP) is 4.31. The molecule has 0 spiro atoms. The molecule has 31 heavy (non-hydrogen) atoms. The maximum Gasteiger partial charge on any atom is 0.252 e. The fraction of sp³-hybridized carbons (Fsp3) is 0.192. The van der Waals surface area contributed by atoms with E-state index in [9.17, 15) is 9.59 Å². The molecule has 1 aliphatic rings. The summed E-state index contributed by atoms with van der Waals surface area (Å²) in [6.07, 6.45) is 1.94. The van der Waals surface area contributed by atoms with Crippen molar-refractivity contribution in [2.45, 2.75) is 12.8 Å². The molecule has 0 radical (unpaired) electrons. The second kappa shape index (κ2) is 8.19. The minimum Gasteiger partial charge on any atom is -0.354 e.